The smallest absolute Gasteiger partial charge is 0.0541 e. The molecule has 0 aliphatic heterocycles. The van der Waals surface area contributed by atoms with Crippen LogP contribution in [-0.2, 0) is 0 Å². The van der Waals surface area contributed by atoms with Gasteiger partial charge in [0, 0.05) is 140 Å². The highest BCUT2D eigenvalue weighted by molar-refractivity contribution is 7.22. The van der Waals surface area contributed by atoms with Crippen LogP contribution in [0.5, 0.6) is 0 Å². The monoisotopic (exact) mass is 1850 g/mol. The van der Waals surface area contributed by atoms with Crippen molar-refractivity contribution < 1.29 is 0 Å². The lowest BCUT2D eigenvalue weighted by Gasteiger charge is -2.11. The highest BCUT2D eigenvalue weighted by atomic mass is 32.1. The Bertz CT molecular complexity index is 10200. The summed E-state index contributed by atoms with van der Waals surface area (Å²) in [5.41, 5.74) is 35.3. The van der Waals surface area contributed by atoms with Gasteiger partial charge < -0.3 is 27.4 Å². The third kappa shape index (κ3) is 13.7. The van der Waals surface area contributed by atoms with Crippen molar-refractivity contribution in [2.45, 2.75) is 0 Å². The molecule has 6 nitrogen and oxygen atoms in total. The van der Waals surface area contributed by atoms with E-state index in [1.54, 1.807) is 0 Å². The maximum absolute atomic E-state index is 2.42. The fraction of sp³-hybridized carbons (Fsp3) is 0. The zero-order valence-electron chi connectivity index (χ0n) is 76.4. The van der Waals surface area contributed by atoms with E-state index in [1.165, 1.54) is 261 Å². The van der Waals surface area contributed by atoms with Gasteiger partial charge in [0.15, 0.2) is 0 Å². The molecule has 9 heterocycles. The van der Waals surface area contributed by atoms with Crippen LogP contribution in [0.2, 0.25) is 0 Å². The van der Waals surface area contributed by atoms with Crippen molar-refractivity contribution in [3.05, 3.63) is 508 Å². The Balaban J connectivity index is 0.000000104. The Labute approximate surface area is 824 Å². The van der Waals surface area contributed by atoms with Gasteiger partial charge in [-0.15, -0.1) is 34.0 Å². The van der Waals surface area contributed by atoms with E-state index >= 15 is 0 Å². The normalized spacial score (nSPS) is 11.8. The molecule has 30 rings (SSSR count). The summed E-state index contributed by atoms with van der Waals surface area (Å²) in [6.07, 6.45) is 0. The summed E-state index contributed by atoms with van der Waals surface area (Å²) in [7, 11) is 0. The van der Waals surface area contributed by atoms with E-state index in [1.807, 2.05) is 34.0 Å². The first-order valence-electron chi connectivity index (χ1n) is 48.0. The molecule has 0 radical (unpaired) electrons. The number of nitrogens with zero attached hydrogens (tertiary/aromatic N) is 6. The lowest BCUT2D eigenvalue weighted by atomic mass is 10.0. The molecule has 0 unspecified atom stereocenters. The Morgan fingerprint density at radius 3 is 0.709 bits per heavy atom. The van der Waals surface area contributed by atoms with Gasteiger partial charge in [0.2, 0.25) is 0 Å². The van der Waals surface area contributed by atoms with Gasteiger partial charge >= 0.3 is 0 Å². The van der Waals surface area contributed by atoms with E-state index in [0.717, 1.165) is 0 Å². The van der Waals surface area contributed by atoms with Gasteiger partial charge in [-0.1, -0.05) is 291 Å². The maximum atomic E-state index is 2.42. The van der Waals surface area contributed by atoms with Crippen LogP contribution in [0.4, 0.5) is 0 Å². The summed E-state index contributed by atoms with van der Waals surface area (Å²) in [6, 6.07) is 181. The second kappa shape index (κ2) is 33.6. The van der Waals surface area contributed by atoms with Crippen LogP contribution < -0.4 is 0 Å². The van der Waals surface area contributed by atoms with Gasteiger partial charge in [-0.25, -0.2) is 0 Å². The standard InChI is InChI=1S/3C44H28N2S/c1-2-13-33(14-3-1)45-39-18-7-5-16-35(39)37-26-29(21-23-41(37)45)30-22-24-42-38(27-30)36-17-6-8-19-40(36)46(42)34-15-10-12-31(25-34)44-28-32-11-4-9-20-43(32)47-44;1-2-12-32(13-3-1)45-40-18-7-4-15-34(40)37-26-29(21-23-42(37)45)30-22-24-43-38(27-30)35-16-5-8-19-41(35)46(43)33-14-10-11-31(25-33)39-28-47-44-20-9-6-17-36(39)44;1-2-10-32(11-3-1)45-40-15-7-4-12-34(40)37-26-30(20-24-42(37)45)31-21-25-43-38(27-31)35-13-5-8-16-41(35)46(43)33-22-18-29(19-23-33)39-28-47-44-17-9-6-14-36(39)44/h3*1-28H. The van der Waals surface area contributed by atoms with Gasteiger partial charge in [0.25, 0.3) is 0 Å². The fourth-order valence-electron chi connectivity index (χ4n) is 22.2. The first-order chi connectivity index (χ1) is 69.9. The summed E-state index contributed by atoms with van der Waals surface area (Å²) in [5.74, 6) is 0. The molecule has 0 aliphatic rings. The lowest BCUT2D eigenvalue weighted by molar-refractivity contribution is 1.18. The summed E-state index contributed by atoms with van der Waals surface area (Å²) >= 11 is 5.47. The van der Waals surface area contributed by atoms with Crippen molar-refractivity contribution in [2.75, 3.05) is 0 Å². The fourth-order valence-corrected chi connectivity index (χ4v) is 25.2. The van der Waals surface area contributed by atoms with Gasteiger partial charge in [-0.3, -0.25) is 0 Å². The summed E-state index contributed by atoms with van der Waals surface area (Å²) in [6.45, 7) is 0. The van der Waals surface area contributed by atoms with Crippen molar-refractivity contribution in [3.63, 3.8) is 0 Å². The summed E-state index contributed by atoms with van der Waals surface area (Å²) in [5, 5.41) is 23.7. The Morgan fingerprint density at radius 1 is 0.135 bits per heavy atom. The third-order valence-corrected chi connectivity index (χ3v) is 31.8. The highest BCUT2D eigenvalue weighted by Gasteiger charge is 2.24. The minimum Gasteiger partial charge on any atom is -0.309 e. The van der Waals surface area contributed by atoms with Crippen LogP contribution >= 0.6 is 34.0 Å². The van der Waals surface area contributed by atoms with Crippen molar-refractivity contribution in [1.29, 1.82) is 0 Å². The van der Waals surface area contributed by atoms with Gasteiger partial charge in [0.1, 0.15) is 0 Å². The predicted molar refractivity (Wildman–Crippen MR) is 604 cm³/mol. The van der Waals surface area contributed by atoms with Gasteiger partial charge in [-0.05, 0) is 272 Å². The van der Waals surface area contributed by atoms with Crippen LogP contribution in [0.1, 0.15) is 0 Å². The van der Waals surface area contributed by atoms with E-state index in [-0.39, 0.29) is 0 Å². The second-order valence-corrected chi connectivity index (χ2v) is 39.5. The molecule has 141 heavy (non-hydrogen) atoms. The lowest BCUT2D eigenvalue weighted by Crippen LogP contribution is -1.94. The predicted octanol–water partition coefficient (Wildman–Crippen LogP) is 37.3. The Hall–Kier alpha value is -17.7. The number of fused-ring (bicyclic) bond motifs is 21. The number of hydrogen-bond donors (Lipinski definition) is 0. The molecular weight excluding hydrogens is 1770 g/mol. The molecule has 0 N–H and O–H groups in total. The number of aromatic nitrogens is 6. The maximum Gasteiger partial charge on any atom is 0.0541 e. The quantitative estimate of drug-likeness (QED) is 0.117. The number of rotatable bonds is 12. The highest BCUT2D eigenvalue weighted by Crippen LogP contribution is 2.47. The average Bonchev–Trinajstić information content (AvgIpc) is 1.57. The average molecular weight is 1850 g/mol. The minimum atomic E-state index is 1.17. The first-order valence-corrected chi connectivity index (χ1v) is 50.6. The molecule has 0 aliphatic carbocycles. The molecule has 660 valence electrons. The number of para-hydroxylation sites is 9. The molecule has 0 atom stereocenters. The Morgan fingerprint density at radius 2 is 0.376 bits per heavy atom. The van der Waals surface area contributed by atoms with E-state index < -0.39 is 0 Å². The largest absolute Gasteiger partial charge is 0.309 e. The van der Waals surface area contributed by atoms with Crippen LogP contribution in [0, 0.1) is 0 Å². The molecule has 0 saturated carbocycles. The summed E-state index contributed by atoms with van der Waals surface area (Å²) in [4.78, 5) is 1.29. The van der Waals surface area contributed by atoms with Crippen LogP contribution in [0.15, 0.2) is 508 Å². The van der Waals surface area contributed by atoms with E-state index in [0.29, 0.717) is 0 Å². The van der Waals surface area contributed by atoms with Crippen molar-refractivity contribution >= 4 is 195 Å². The van der Waals surface area contributed by atoms with Crippen LogP contribution in [0.25, 0.3) is 261 Å². The SMILES string of the molecule is c1ccc(-n2c3ccccc3c3cc(-c4ccc5c(c4)c4ccccc4n5-c4ccc(-c5csc6ccccc56)cc4)ccc32)cc1.c1ccc(-n2c3ccccc3c3cc(-c4ccc5c(c4)c4ccccc4n5-c4cccc(-c5cc6ccccc6s5)c4)ccc32)cc1.c1ccc(-n2c3ccccc3c3cc(-c4ccc5c(c4)c4ccccc4n5-c4cccc(-c5csc6ccccc56)c4)ccc32)cc1. The molecule has 0 amide bonds. The zero-order chi connectivity index (χ0) is 92.7. The molecule has 0 spiro atoms. The molecule has 9 heteroatoms. The Kier molecular flexibility index (Phi) is 19.5. The van der Waals surface area contributed by atoms with E-state index in [4.69, 9.17) is 0 Å². The molecule has 0 fully saturated rings. The third-order valence-electron chi connectivity index (χ3n) is 28.7. The molecule has 21 aromatic carbocycles. The second-order valence-electron chi connectivity index (χ2n) is 36.6. The molecule has 30 aromatic rings. The van der Waals surface area contributed by atoms with Crippen LogP contribution in [-0.4, -0.2) is 27.4 Å². The molecule has 0 bridgehead atoms. The number of hydrogen-bond acceptors (Lipinski definition) is 3. The van der Waals surface area contributed by atoms with Gasteiger partial charge in [0.05, 0.1) is 66.2 Å². The molecule has 0 saturated heterocycles. The van der Waals surface area contributed by atoms with Crippen molar-refractivity contribution in [3.8, 4) is 100 Å². The summed E-state index contributed by atoms with van der Waals surface area (Å²) < 4.78 is 18.3. The van der Waals surface area contributed by atoms with Crippen molar-refractivity contribution in [2.24, 2.45) is 0 Å². The van der Waals surface area contributed by atoms with E-state index in [2.05, 4.69) is 536 Å². The zero-order valence-corrected chi connectivity index (χ0v) is 78.9. The minimum absolute atomic E-state index is 1.17. The molecule has 9 aromatic heterocycles. The number of thiophene rings is 3. The van der Waals surface area contributed by atoms with Crippen molar-refractivity contribution in [1.82, 2.24) is 27.4 Å². The molecular formula is C132H84N6S3. The number of benzene rings is 21. The van der Waals surface area contributed by atoms with Gasteiger partial charge in [-0.2, -0.15) is 0 Å². The van der Waals surface area contributed by atoms with E-state index in [9.17, 15) is 0 Å². The van der Waals surface area contributed by atoms with Crippen LogP contribution in [0.3, 0.4) is 0 Å². The topological polar surface area (TPSA) is 29.6 Å². The first kappa shape index (κ1) is 81.6.